The van der Waals surface area contributed by atoms with Crippen LogP contribution in [0.2, 0.25) is 0 Å². The van der Waals surface area contributed by atoms with Crippen molar-refractivity contribution in [1.82, 2.24) is 10.6 Å². The second-order valence-corrected chi connectivity index (χ2v) is 4.86. The molecule has 0 atom stereocenters. The largest absolute Gasteiger partial charge is 0.357 e. The Balaban J connectivity index is 0.00000441. The van der Waals surface area contributed by atoms with Gasteiger partial charge in [0.05, 0.1) is 6.54 Å². The summed E-state index contributed by atoms with van der Waals surface area (Å²) in [6, 6.07) is 7.75. The van der Waals surface area contributed by atoms with Gasteiger partial charge in [-0.25, -0.2) is 4.99 Å². The molecule has 1 aromatic carbocycles. The molecule has 0 aliphatic heterocycles. The van der Waals surface area contributed by atoms with Crippen molar-refractivity contribution in [3.63, 3.8) is 0 Å². The number of halogens is 1. The van der Waals surface area contributed by atoms with Crippen LogP contribution in [0.25, 0.3) is 0 Å². The molecule has 0 aliphatic carbocycles. The van der Waals surface area contributed by atoms with Crippen molar-refractivity contribution in [1.29, 1.82) is 0 Å². The second-order valence-electron chi connectivity index (χ2n) is 4.86. The molecule has 22 heavy (non-hydrogen) atoms. The van der Waals surface area contributed by atoms with Gasteiger partial charge in [0.1, 0.15) is 0 Å². The fraction of sp³-hybridized carbons (Fsp3) is 0.500. The van der Waals surface area contributed by atoms with E-state index in [0.717, 1.165) is 43.1 Å². The zero-order valence-corrected chi connectivity index (χ0v) is 15.9. The molecule has 0 aromatic heterocycles. The molecule has 0 saturated heterocycles. The van der Waals surface area contributed by atoms with Crippen LogP contribution in [0, 0.1) is 0 Å². The molecule has 1 aromatic rings. The number of nitrogens with zero attached hydrogens (tertiary/aromatic N) is 1. The average molecular weight is 418 g/mol. The van der Waals surface area contributed by atoms with Gasteiger partial charge in [0, 0.05) is 25.7 Å². The number of nitrogens with one attached hydrogen (secondary N) is 3. The van der Waals surface area contributed by atoms with Gasteiger partial charge in [-0.2, -0.15) is 0 Å². The Morgan fingerprint density at radius 2 is 2.00 bits per heavy atom. The van der Waals surface area contributed by atoms with Gasteiger partial charge in [0.15, 0.2) is 5.96 Å². The van der Waals surface area contributed by atoms with E-state index >= 15 is 0 Å². The lowest BCUT2D eigenvalue weighted by Gasteiger charge is -2.11. The van der Waals surface area contributed by atoms with Crippen molar-refractivity contribution in [2.24, 2.45) is 4.99 Å². The summed E-state index contributed by atoms with van der Waals surface area (Å²) >= 11 is 0. The van der Waals surface area contributed by atoms with Crippen molar-refractivity contribution in [3.05, 3.63) is 29.8 Å². The fourth-order valence-electron chi connectivity index (χ4n) is 1.85. The van der Waals surface area contributed by atoms with Crippen molar-refractivity contribution in [2.45, 2.75) is 40.2 Å². The monoisotopic (exact) mass is 418 g/mol. The van der Waals surface area contributed by atoms with Gasteiger partial charge in [0.2, 0.25) is 5.91 Å². The Bertz CT molecular complexity index is 477. The highest BCUT2D eigenvalue weighted by Gasteiger charge is 1.99. The standard InChI is InChI=1S/C16H26N4O.HI/c1-4-6-10-18-16(17-5-2)19-12-14-8-7-9-15(11-14)20-13(3)21;/h7-9,11H,4-6,10,12H2,1-3H3,(H,20,21)(H2,17,18,19);1H. The highest BCUT2D eigenvalue weighted by molar-refractivity contribution is 14.0. The van der Waals surface area contributed by atoms with Crippen LogP contribution < -0.4 is 16.0 Å². The van der Waals surface area contributed by atoms with Crippen LogP contribution in [0.5, 0.6) is 0 Å². The van der Waals surface area contributed by atoms with Gasteiger partial charge in [-0.05, 0) is 31.0 Å². The summed E-state index contributed by atoms with van der Waals surface area (Å²) in [7, 11) is 0. The number of amides is 1. The fourth-order valence-corrected chi connectivity index (χ4v) is 1.85. The molecule has 3 N–H and O–H groups in total. The number of carbonyl (C=O) groups excluding carboxylic acids is 1. The maximum absolute atomic E-state index is 11.1. The third-order valence-electron chi connectivity index (χ3n) is 2.83. The molecule has 0 fully saturated rings. The number of anilines is 1. The van der Waals surface area contributed by atoms with E-state index in [2.05, 4.69) is 34.8 Å². The van der Waals surface area contributed by atoms with Gasteiger partial charge in [-0.15, -0.1) is 24.0 Å². The lowest BCUT2D eigenvalue weighted by Crippen LogP contribution is -2.37. The average Bonchev–Trinajstić information content (AvgIpc) is 2.44. The Morgan fingerprint density at radius 1 is 1.23 bits per heavy atom. The van der Waals surface area contributed by atoms with Gasteiger partial charge >= 0.3 is 0 Å². The molecule has 0 heterocycles. The summed E-state index contributed by atoms with van der Waals surface area (Å²) in [6.45, 7) is 8.06. The van der Waals surface area contributed by atoms with E-state index in [1.165, 1.54) is 6.92 Å². The third kappa shape index (κ3) is 8.86. The Morgan fingerprint density at radius 3 is 2.64 bits per heavy atom. The lowest BCUT2D eigenvalue weighted by molar-refractivity contribution is -0.114. The zero-order valence-electron chi connectivity index (χ0n) is 13.6. The summed E-state index contributed by atoms with van der Waals surface area (Å²) < 4.78 is 0. The number of rotatable bonds is 7. The van der Waals surface area contributed by atoms with Crippen LogP contribution >= 0.6 is 24.0 Å². The van der Waals surface area contributed by atoms with Crippen LogP contribution in [0.15, 0.2) is 29.3 Å². The quantitative estimate of drug-likeness (QED) is 0.276. The van der Waals surface area contributed by atoms with E-state index in [1.54, 1.807) is 0 Å². The first kappa shape index (κ1) is 20.7. The topological polar surface area (TPSA) is 65.5 Å². The molecule has 0 aliphatic rings. The molecular weight excluding hydrogens is 391 g/mol. The summed E-state index contributed by atoms with van der Waals surface area (Å²) in [6.07, 6.45) is 2.29. The molecule has 5 nitrogen and oxygen atoms in total. The number of hydrogen-bond donors (Lipinski definition) is 3. The molecular formula is C16H27IN4O. The van der Waals surface area contributed by atoms with Gasteiger partial charge in [0.25, 0.3) is 0 Å². The highest BCUT2D eigenvalue weighted by Crippen LogP contribution is 2.11. The molecule has 0 bridgehead atoms. The van der Waals surface area contributed by atoms with E-state index in [-0.39, 0.29) is 29.9 Å². The summed E-state index contributed by atoms with van der Waals surface area (Å²) in [5.74, 6) is 0.765. The number of carbonyl (C=O) groups is 1. The molecule has 0 saturated carbocycles. The highest BCUT2D eigenvalue weighted by atomic mass is 127. The first-order chi connectivity index (χ1) is 10.2. The minimum absolute atomic E-state index is 0. The van der Waals surface area contributed by atoms with Gasteiger partial charge in [-0.3, -0.25) is 4.79 Å². The molecule has 1 amide bonds. The summed E-state index contributed by atoms with van der Waals surface area (Å²) in [5, 5.41) is 9.32. The Kier molecular flexibility index (Phi) is 11.5. The van der Waals surface area contributed by atoms with Gasteiger partial charge < -0.3 is 16.0 Å². The van der Waals surface area contributed by atoms with E-state index < -0.39 is 0 Å². The van der Waals surface area contributed by atoms with Crippen molar-refractivity contribution >= 4 is 41.5 Å². The van der Waals surface area contributed by atoms with Crippen LogP contribution in [0.3, 0.4) is 0 Å². The Labute approximate surface area is 150 Å². The minimum Gasteiger partial charge on any atom is -0.357 e. The van der Waals surface area contributed by atoms with E-state index in [4.69, 9.17) is 0 Å². The van der Waals surface area contributed by atoms with E-state index in [0.29, 0.717) is 6.54 Å². The molecule has 0 radical (unpaired) electrons. The molecule has 1 rings (SSSR count). The molecule has 0 unspecified atom stereocenters. The van der Waals surface area contributed by atoms with Crippen LogP contribution in [-0.2, 0) is 11.3 Å². The molecule has 0 spiro atoms. The molecule has 6 heteroatoms. The number of benzene rings is 1. The zero-order chi connectivity index (χ0) is 15.5. The minimum atomic E-state index is -0.0646. The third-order valence-corrected chi connectivity index (χ3v) is 2.83. The van der Waals surface area contributed by atoms with Crippen LogP contribution in [0.1, 0.15) is 39.2 Å². The number of hydrogen-bond acceptors (Lipinski definition) is 2. The van der Waals surface area contributed by atoms with Crippen molar-refractivity contribution in [3.8, 4) is 0 Å². The summed E-state index contributed by atoms with van der Waals surface area (Å²) in [5.41, 5.74) is 1.87. The Hall–Kier alpha value is -1.31. The van der Waals surface area contributed by atoms with E-state index in [1.807, 2.05) is 24.3 Å². The predicted octanol–water partition coefficient (Wildman–Crippen LogP) is 3.12. The maximum Gasteiger partial charge on any atom is 0.221 e. The van der Waals surface area contributed by atoms with Crippen molar-refractivity contribution in [2.75, 3.05) is 18.4 Å². The summed E-state index contributed by atoms with van der Waals surface area (Å²) in [4.78, 5) is 15.6. The van der Waals surface area contributed by atoms with E-state index in [9.17, 15) is 4.79 Å². The lowest BCUT2D eigenvalue weighted by atomic mass is 10.2. The SMILES string of the molecule is CCCCNC(=NCc1cccc(NC(C)=O)c1)NCC.I. The van der Waals surface area contributed by atoms with Gasteiger partial charge in [-0.1, -0.05) is 25.5 Å². The number of guanidine groups is 1. The first-order valence-corrected chi connectivity index (χ1v) is 7.54. The first-order valence-electron chi connectivity index (χ1n) is 7.54. The number of unbranched alkanes of at least 4 members (excludes halogenated alkanes) is 1. The van der Waals surface area contributed by atoms with Crippen LogP contribution in [0.4, 0.5) is 5.69 Å². The second kappa shape index (κ2) is 12.3. The molecule has 124 valence electrons. The predicted molar refractivity (Wildman–Crippen MR) is 104 cm³/mol. The maximum atomic E-state index is 11.1. The van der Waals surface area contributed by atoms with Crippen molar-refractivity contribution < 1.29 is 4.79 Å². The number of aliphatic imine (C=N–C) groups is 1. The smallest absolute Gasteiger partial charge is 0.221 e. The normalized spacial score (nSPS) is 10.6. The van der Waals surface area contributed by atoms with Crippen LogP contribution in [-0.4, -0.2) is 25.0 Å².